The molecule has 4 rings (SSSR count). The molecule has 8 nitrogen and oxygen atoms in total. The highest BCUT2D eigenvalue weighted by atomic mass is 35.5. The minimum Gasteiger partial charge on any atom is -0.482 e. The lowest BCUT2D eigenvalue weighted by Gasteiger charge is -2.38. The molecule has 0 aliphatic carbocycles. The Bertz CT molecular complexity index is 1180. The molecule has 1 atom stereocenters. The van der Waals surface area contributed by atoms with Crippen LogP contribution in [0.15, 0.2) is 60.8 Å². The Kier molecular flexibility index (Phi) is 7.18. The number of carbonyl (C=O) groups is 2. The third kappa shape index (κ3) is 5.23. The zero-order valence-electron chi connectivity index (χ0n) is 18.4. The molecular weight excluding hydrogens is 460 g/mol. The Morgan fingerprint density at radius 1 is 1.09 bits per heavy atom. The molecule has 0 radical (unpaired) electrons. The number of carboxylic acids is 1. The number of hydrogen-bond acceptors (Lipinski definition) is 6. The smallest absolute Gasteiger partial charge is 0.341 e. The van der Waals surface area contributed by atoms with Gasteiger partial charge in [-0.15, -0.1) is 0 Å². The van der Waals surface area contributed by atoms with Crippen molar-refractivity contribution in [2.45, 2.75) is 12.5 Å². The van der Waals surface area contributed by atoms with Crippen LogP contribution < -0.4 is 14.2 Å². The molecule has 1 unspecified atom stereocenters. The van der Waals surface area contributed by atoms with Gasteiger partial charge in [0.05, 0.1) is 19.3 Å². The lowest BCUT2D eigenvalue weighted by atomic mass is 9.87. The number of aliphatic carboxylic acids is 1. The summed E-state index contributed by atoms with van der Waals surface area (Å²) in [6.07, 6.45) is 2.16. The quantitative estimate of drug-likeness (QED) is 0.522. The van der Waals surface area contributed by atoms with Gasteiger partial charge in [-0.3, -0.25) is 4.79 Å². The summed E-state index contributed by atoms with van der Waals surface area (Å²) in [5.74, 6) is -0.0944. The number of carbonyl (C=O) groups excluding carboxylic acids is 1. The molecule has 1 amide bonds. The van der Waals surface area contributed by atoms with Crippen molar-refractivity contribution < 1.29 is 28.9 Å². The molecule has 2 heterocycles. The van der Waals surface area contributed by atoms with Crippen LogP contribution in [0.1, 0.15) is 22.7 Å². The van der Waals surface area contributed by atoms with Crippen molar-refractivity contribution in [3.8, 4) is 17.4 Å². The molecule has 34 heavy (non-hydrogen) atoms. The van der Waals surface area contributed by atoms with Crippen LogP contribution in [0.25, 0.3) is 0 Å². The standard InChI is InChI=1S/C25H23ClN2O6/c1-32-22-9-7-18(13-27-22)33-14-23(29)28-11-10-16-4-2-3-5-19(16)25(28)20-12-17(26)6-8-21(20)34-15-24(30)31/h2-9,12-13,25H,10-11,14-15H2,1H3,(H,30,31). The van der Waals surface area contributed by atoms with Gasteiger partial charge in [0.1, 0.15) is 11.5 Å². The first-order valence-corrected chi connectivity index (χ1v) is 11.0. The lowest BCUT2D eigenvalue weighted by Crippen LogP contribution is -2.43. The third-order valence-corrected chi connectivity index (χ3v) is 5.74. The summed E-state index contributed by atoms with van der Waals surface area (Å²) in [7, 11) is 1.52. The molecule has 0 saturated carbocycles. The molecular formula is C25H23ClN2O6. The highest BCUT2D eigenvalue weighted by Crippen LogP contribution is 2.40. The van der Waals surface area contributed by atoms with Gasteiger partial charge < -0.3 is 24.2 Å². The predicted octanol–water partition coefficient (Wildman–Crippen LogP) is 3.76. The average Bonchev–Trinajstić information content (AvgIpc) is 2.86. The van der Waals surface area contributed by atoms with E-state index in [4.69, 9.17) is 30.9 Å². The fraction of sp³-hybridized carbons (Fsp3) is 0.240. The summed E-state index contributed by atoms with van der Waals surface area (Å²) in [5, 5.41) is 9.55. The van der Waals surface area contributed by atoms with Crippen LogP contribution in [0, 0.1) is 0 Å². The molecule has 9 heteroatoms. The first kappa shape index (κ1) is 23.4. The number of hydrogen-bond donors (Lipinski definition) is 1. The van der Waals surface area contributed by atoms with E-state index in [1.807, 2.05) is 24.3 Å². The number of benzene rings is 2. The second kappa shape index (κ2) is 10.4. The molecule has 2 aromatic carbocycles. The largest absolute Gasteiger partial charge is 0.482 e. The van der Waals surface area contributed by atoms with Gasteiger partial charge >= 0.3 is 5.97 Å². The van der Waals surface area contributed by atoms with Crippen LogP contribution in [0.2, 0.25) is 5.02 Å². The van der Waals surface area contributed by atoms with Gasteiger partial charge in [-0.2, -0.15) is 0 Å². The summed E-state index contributed by atoms with van der Waals surface area (Å²) in [4.78, 5) is 30.2. The van der Waals surface area contributed by atoms with Crippen molar-refractivity contribution in [3.63, 3.8) is 0 Å². The van der Waals surface area contributed by atoms with Crippen molar-refractivity contribution in [3.05, 3.63) is 82.5 Å². The highest BCUT2D eigenvalue weighted by molar-refractivity contribution is 6.30. The fourth-order valence-electron chi connectivity index (χ4n) is 3.98. The second-order valence-corrected chi connectivity index (χ2v) is 8.06. The van der Waals surface area contributed by atoms with Crippen molar-refractivity contribution in [1.29, 1.82) is 0 Å². The lowest BCUT2D eigenvalue weighted by molar-refractivity contribution is -0.139. The molecule has 1 N–H and O–H groups in total. The maximum Gasteiger partial charge on any atom is 0.341 e. The molecule has 0 fully saturated rings. The average molecular weight is 483 g/mol. The number of aromatic nitrogens is 1. The first-order chi connectivity index (χ1) is 16.5. The van der Waals surface area contributed by atoms with Gasteiger partial charge in [0.15, 0.2) is 13.2 Å². The number of fused-ring (bicyclic) bond motifs is 1. The maximum atomic E-state index is 13.3. The molecule has 3 aromatic rings. The van der Waals surface area contributed by atoms with E-state index in [1.54, 1.807) is 35.2 Å². The van der Waals surface area contributed by atoms with Crippen LogP contribution in [0.4, 0.5) is 0 Å². The van der Waals surface area contributed by atoms with E-state index in [-0.39, 0.29) is 12.5 Å². The van der Waals surface area contributed by atoms with E-state index in [2.05, 4.69) is 4.98 Å². The molecule has 0 saturated heterocycles. The Balaban J connectivity index is 1.65. The number of halogens is 1. The van der Waals surface area contributed by atoms with Crippen molar-refractivity contribution in [2.24, 2.45) is 0 Å². The normalized spacial score (nSPS) is 14.8. The number of nitrogens with zero attached hydrogens (tertiary/aromatic N) is 2. The van der Waals surface area contributed by atoms with E-state index in [9.17, 15) is 9.59 Å². The number of ether oxygens (including phenoxy) is 3. The Labute approximate surface area is 201 Å². The van der Waals surface area contributed by atoms with E-state index in [0.29, 0.717) is 40.9 Å². The number of carboxylic acid groups (broad SMARTS) is 1. The summed E-state index contributed by atoms with van der Waals surface area (Å²) in [6.45, 7) is -0.251. The van der Waals surface area contributed by atoms with Crippen LogP contribution in [-0.2, 0) is 16.0 Å². The summed E-state index contributed by atoms with van der Waals surface area (Å²) in [5.41, 5.74) is 2.64. The second-order valence-electron chi connectivity index (χ2n) is 7.63. The Morgan fingerprint density at radius 3 is 2.65 bits per heavy atom. The summed E-state index contributed by atoms with van der Waals surface area (Å²) < 4.78 is 16.3. The molecule has 0 spiro atoms. The minimum atomic E-state index is -1.10. The summed E-state index contributed by atoms with van der Waals surface area (Å²) >= 11 is 6.30. The molecule has 1 aliphatic rings. The zero-order valence-corrected chi connectivity index (χ0v) is 19.2. The van der Waals surface area contributed by atoms with Gasteiger partial charge in [0, 0.05) is 23.2 Å². The van der Waals surface area contributed by atoms with E-state index in [0.717, 1.165) is 11.1 Å². The Hall–Kier alpha value is -3.78. The Morgan fingerprint density at radius 2 is 1.91 bits per heavy atom. The number of methoxy groups -OCH3 is 1. The van der Waals surface area contributed by atoms with Gasteiger partial charge in [-0.25, -0.2) is 9.78 Å². The molecule has 1 aromatic heterocycles. The van der Waals surface area contributed by atoms with Gasteiger partial charge in [0.25, 0.3) is 5.91 Å². The van der Waals surface area contributed by atoms with Gasteiger partial charge in [-0.05, 0) is 41.8 Å². The first-order valence-electron chi connectivity index (χ1n) is 10.6. The van der Waals surface area contributed by atoms with Crippen LogP contribution in [0.3, 0.4) is 0 Å². The zero-order chi connectivity index (χ0) is 24.1. The fourth-order valence-corrected chi connectivity index (χ4v) is 4.16. The predicted molar refractivity (Wildman–Crippen MR) is 125 cm³/mol. The monoisotopic (exact) mass is 482 g/mol. The number of pyridine rings is 1. The van der Waals surface area contributed by atoms with Crippen molar-refractivity contribution >= 4 is 23.5 Å². The minimum absolute atomic E-state index is 0.196. The van der Waals surface area contributed by atoms with Crippen molar-refractivity contribution in [2.75, 3.05) is 26.9 Å². The molecule has 176 valence electrons. The topological polar surface area (TPSA) is 98.2 Å². The van der Waals surface area contributed by atoms with Crippen LogP contribution in [0.5, 0.6) is 17.4 Å². The number of amides is 1. The maximum absolute atomic E-state index is 13.3. The van der Waals surface area contributed by atoms with Crippen LogP contribution in [-0.4, -0.2) is 53.7 Å². The van der Waals surface area contributed by atoms with Gasteiger partial charge in [0.2, 0.25) is 5.88 Å². The van der Waals surface area contributed by atoms with E-state index in [1.165, 1.54) is 13.3 Å². The van der Waals surface area contributed by atoms with Gasteiger partial charge in [-0.1, -0.05) is 35.9 Å². The number of rotatable bonds is 8. The summed E-state index contributed by atoms with van der Waals surface area (Å²) in [6, 6.07) is 15.6. The molecule has 0 bridgehead atoms. The molecule has 1 aliphatic heterocycles. The van der Waals surface area contributed by atoms with E-state index >= 15 is 0 Å². The third-order valence-electron chi connectivity index (χ3n) is 5.50. The SMILES string of the molecule is COc1ccc(OCC(=O)N2CCc3ccccc3C2c2cc(Cl)ccc2OCC(=O)O)cn1. The van der Waals surface area contributed by atoms with Crippen LogP contribution >= 0.6 is 11.6 Å². The van der Waals surface area contributed by atoms with Crippen molar-refractivity contribution in [1.82, 2.24) is 9.88 Å². The van der Waals surface area contributed by atoms with E-state index < -0.39 is 18.6 Å². The highest BCUT2D eigenvalue weighted by Gasteiger charge is 2.34.